The Labute approximate surface area is 427 Å². The van der Waals surface area contributed by atoms with E-state index in [2.05, 4.69) is 0 Å². The number of esters is 1. The molecule has 2 bridgehead atoms. The molecule has 17 heteroatoms. The lowest BCUT2D eigenvalue weighted by atomic mass is 9.78. The third-order valence-corrected chi connectivity index (χ3v) is 15.4. The number of cyclic esters (lactones) is 1. The van der Waals surface area contributed by atoms with E-state index in [1.54, 1.807) is 66.0 Å². The van der Waals surface area contributed by atoms with Crippen molar-refractivity contribution < 1.29 is 73.0 Å². The summed E-state index contributed by atoms with van der Waals surface area (Å²) in [5, 5.41) is 45.9. The van der Waals surface area contributed by atoms with Crippen molar-refractivity contribution in [2.75, 3.05) is 27.4 Å². The summed E-state index contributed by atoms with van der Waals surface area (Å²) in [5.41, 5.74) is 0.870. The molecule has 4 rings (SSSR count). The zero-order chi connectivity index (χ0) is 53.4. The van der Waals surface area contributed by atoms with Crippen LogP contribution in [-0.2, 0) is 47.7 Å². The van der Waals surface area contributed by atoms with Gasteiger partial charge in [-0.15, -0.1) is 0 Å². The molecule has 3 heterocycles. The Balaban J connectivity index is 1.75. The van der Waals surface area contributed by atoms with Gasteiger partial charge in [0.15, 0.2) is 5.78 Å². The first-order valence-electron chi connectivity index (χ1n) is 26.4. The summed E-state index contributed by atoms with van der Waals surface area (Å²) < 4.78 is 28.9. The number of piperidine rings is 1. The minimum Gasteiger partial charge on any atom is -0.460 e. The Morgan fingerprint density at radius 2 is 1.64 bits per heavy atom. The maximum Gasteiger partial charge on any atom is 0.434 e. The lowest BCUT2D eigenvalue weighted by Gasteiger charge is -2.43. The first kappa shape index (κ1) is 60.5. The Hall–Kier alpha value is -4.10. The second-order valence-electron chi connectivity index (χ2n) is 21.2. The van der Waals surface area contributed by atoms with Gasteiger partial charge in [0.1, 0.15) is 30.1 Å². The molecule has 0 aromatic heterocycles. The summed E-state index contributed by atoms with van der Waals surface area (Å²) in [4.78, 5) is 85.5. The van der Waals surface area contributed by atoms with Crippen LogP contribution in [0.5, 0.6) is 0 Å². The highest BCUT2D eigenvalue weighted by molar-refractivity contribution is 6.39. The number of hydrogen-bond acceptors (Lipinski definition) is 15. The number of Topliss-reactive ketones (excluding diaryl/α,β-unsaturated/α-hetero) is 3. The number of allylic oxidation sites excluding steroid dienone is 6. The molecule has 1 aliphatic carbocycles. The molecule has 1 unspecified atom stereocenters. The number of hydrogen-bond donors (Lipinski definition) is 4. The van der Waals surface area contributed by atoms with Gasteiger partial charge in [0.05, 0.1) is 31.0 Å². The van der Waals surface area contributed by atoms with Gasteiger partial charge in [-0.2, -0.15) is 5.06 Å². The highest BCUT2D eigenvalue weighted by Gasteiger charge is 2.53. The van der Waals surface area contributed by atoms with Gasteiger partial charge >= 0.3 is 12.1 Å². The number of carbonyl (C=O) groups excluding carboxylic acids is 6. The van der Waals surface area contributed by atoms with Gasteiger partial charge in [0.25, 0.3) is 11.7 Å². The van der Waals surface area contributed by atoms with E-state index in [9.17, 15) is 49.3 Å². The summed E-state index contributed by atoms with van der Waals surface area (Å²) in [5.74, 6) is -8.92. The van der Waals surface area contributed by atoms with Gasteiger partial charge in [-0.05, 0) is 113 Å². The predicted octanol–water partition coefficient (Wildman–Crippen LogP) is 7.16. The number of aliphatic hydroxyl groups is 3. The Bertz CT molecular complexity index is 1970. The Kier molecular flexibility index (Phi) is 24.0. The molecule has 17 nitrogen and oxygen atoms in total. The van der Waals surface area contributed by atoms with Gasteiger partial charge < -0.3 is 43.9 Å². The molecule has 15 atom stereocenters. The average Bonchev–Trinajstić information content (AvgIpc) is 3.35. The topological polar surface area (TPSA) is 236 Å². The summed E-state index contributed by atoms with van der Waals surface area (Å²) in [6.45, 7) is 14.2. The molecule has 4 aliphatic rings. The first-order chi connectivity index (χ1) is 34.1. The standard InChI is InChI=1S/C55H86N2O15/c1-11-12-26-70-54(65)57(67)43-31-41-23-21-39(8)55(66,72-41)51(62)52(63)56-25-17-16-20-42(56)53(64)71-46(36(5)29-40-22-24-44(58)47(30-40)68-9)32-45(59)35(4)28-38(7)49(61)50(69-10)48(60)37(6)27-33(2)18-14-13-15-19-34(43)3/h13-15,18-19,28,33,35-37,39-44,46-47,49-50,58,61,66-67H,11-12,16-17,20-27,29-32H2,1-10H3/b15-13+,18-14+,34-19+,38-28+/t33-,35-,36-,37-,39-,40+,41+,42+,43+,44-,46?,47-,49-,50+,55-/m1/s1. The molecule has 1 saturated carbocycles. The number of ketones is 3. The molecule has 3 aliphatic heterocycles. The molecule has 4 N–H and O–H groups in total. The zero-order valence-electron chi connectivity index (χ0n) is 44.5. The van der Waals surface area contributed by atoms with Crippen LogP contribution in [0.25, 0.3) is 0 Å². The number of hydroxylamine groups is 2. The quantitative estimate of drug-likeness (QED) is 0.0448. The monoisotopic (exact) mass is 1010 g/mol. The molecule has 0 radical (unpaired) electrons. The molecular weight excluding hydrogens is 929 g/mol. The van der Waals surface area contributed by atoms with Crippen LogP contribution in [0.4, 0.5) is 4.79 Å². The predicted molar refractivity (Wildman–Crippen MR) is 268 cm³/mol. The zero-order valence-corrected chi connectivity index (χ0v) is 44.5. The van der Waals surface area contributed by atoms with Crippen LogP contribution in [0.3, 0.4) is 0 Å². The van der Waals surface area contributed by atoms with Crippen molar-refractivity contribution in [3.05, 3.63) is 47.6 Å². The number of ether oxygens (including phenoxy) is 5. The van der Waals surface area contributed by atoms with Crippen LogP contribution in [0.15, 0.2) is 47.6 Å². The lowest BCUT2D eigenvalue weighted by molar-refractivity contribution is -0.266. The highest BCUT2D eigenvalue weighted by Crippen LogP contribution is 2.38. The molecule has 406 valence electrons. The fourth-order valence-electron chi connectivity index (χ4n) is 10.6. The van der Waals surface area contributed by atoms with Crippen LogP contribution < -0.4 is 0 Å². The van der Waals surface area contributed by atoms with E-state index < -0.39 is 89.9 Å². The molecule has 0 spiro atoms. The number of methoxy groups -OCH3 is 2. The normalized spacial score (nSPS) is 37.5. The number of aliphatic hydroxyl groups excluding tert-OH is 2. The van der Waals surface area contributed by atoms with Gasteiger partial charge in [0.2, 0.25) is 5.79 Å². The van der Waals surface area contributed by atoms with Crippen molar-refractivity contribution in [3.8, 4) is 0 Å². The fourth-order valence-corrected chi connectivity index (χ4v) is 10.6. The minimum atomic E-state index is -2.61. The number of nitrogens with zero attached hydrogens (tertiary/aromatic N) is 2. The first-order valence-corrected chi connectivity index (χ1v) is 26.4. The second-order valence-corrected chi connectivity index (χ2v) is 21.2. The molecule has 0 aromatic carbocycles. The molecule has 3 fully saturated rings. The summed E-state index contributed by atoms with van der Waals surface area (Å²) >= 11 is 0. The van der Waals surface area contributed by atoms with Crippen molar-refractivity contribution in [2.24, 2.45) is 35.5 Å². The van der Waals surface area contributed by atoms with E-state index in [0.29, 0.717) is 74.0 Å². The van der Waals surface area contributed by atoms with E-state index >= 15 is 0 Å². The van der Waals surface area contributed by atoms with Crippen molar-refractivity contribution in [1.82, 2.24) is 9.96 Å². The second kappa shape index (κ2) is 28.5. The number of rotatable bonds is 9. The van der Waals surface area contributed by atoms with E-state index in [0.717, 1.165) is 11.3 Å². The number of unbranched alkanes of at least 4 members (excludes halogenated alkanes) is 1. The third kappa shape index (κ3) is 16.2. The van der Waals surface area contributed by atoms with E-state index in [1.165, 1.54) is 7.11 Å². The Morgan fingerprint density at radius 3 is 2.32 bits per heavy atom. The van der Waals surface area contributed by atoms with Crippen LogP contribution in [0, 0.1) is 35.5 Å². The van der Waals surface area contributed by atoms with Gasteiger partial charge in [-0.1, -0.05) is 84.4 Å². The maximum absolute atomic E-state index is 14.5. The lowest BCUT2D eigenvalue weighted by Crippen LogP contribution is -2.61. The minimum absolute atomic E-state index is 0.0145. The number of fused-ring (bicyclic) bond motifs is 3. The van der Waals surface area contributed by atoms with Crippen LogP contribution >= 0.6 is 0 Å². The van der Waals surface area contributed by atoms with Crippen LogP contribution in [-0.4, -0.2) is 148 Å². The van der Waals surface area contributed by atoms with Gasteiger partial charge in [0, 0.05) is 51.4 Å². The SMILES string of the molecule is CCCCOC(=O)N(O)[C@H]1C[C@@H]2CC[C@@H](C)[C@@](O)(O2)C(=O)C(=O)N2CCCC[C@H]2C(=O)OC([C@H](C)C[C@@H]2CC[C@@H](O)[C@H](OC)C2)CC(=O)[C@H](C)/C=C(\C)[C@@H](O)[C@@H](OC)C(=O)[C@H](C)C[C@H](C)/C=C/C=C/C=C/1C. The summed E-state index contributed by atoms with van der Waals surface area (Å²) in [6.07, 6.45) is 9.56. The van der Waals surface area contributed by atoms with Crippen molar-refractivity contribution in [1.29, 1.82) is 0 Å². The smallest absolute Gasteiger partial charge is 0.434 e. The number of amides is 2. The largest absolute Gasteiger partial charge is 0.460 e. The average molecular weight is 1020 g/mol. The molecule has 2 saturated heterocycles. The van der Waals surface area contributed by atoms with Crippen LogP contribution in [0.1, 0.15) is 145 Å². The summed E-state index contributed by atoms with van der Waals surface area (Å²) in [6, 6.07) is -2.26. The molecule has 0 aromatic rings. The van der Waals surface area contributed by atoms with Crippen molar-refractivity contribution in [3.63, 3.8) is 0 Å². The fraction of sp³-hybridized carbons (Fsp3) is 0.745. The highest BCUT2D eigenvalue weighted by atomic mass is 16.6. The Morgan fingerprint density at radius 1 is 0.917 bits per heavy atom. The van der Waals surface area contributed by atoms with E-state index in [1.807, 2.05) is 32.9 Å². The maximum atomic E-state index is 14.5. The van der Waals surface area contributed by atoms with E-state index in [-0.39, 0.29) is 74.3 Å². The molecule has 72 heavy (non-hydrogen) atoms. The van der Waals surface area contributed by atoms with Gasteiger partial charge in [-0.25, -0.2) is 9.59 Å². The van der Waals surface area contributed by atoms with Crippen molar-refractivity contribution in [2.45, 2.75) is 200 Å². The third-order valence-electron chi connectivity index (χ3n) is 15.4. The van der Waals surface area contributed by atoms with Crippen molar-refractivity contribution >= 4 is 35.3 Å². The number of carbonyl (C=O) groups is 6. The molecule has 2 amide bonds. The van der Waals surface area contributed by atoms with E-state index in [4.69, 9.17) is 23.7 Å². The van der Waals surface area contributed by atoms with Crippen LogP contribution in [0.2, 0.25) is 0 Å². The van der Waals surface area contributed by atoms with Gasteiger partial charge in [-0.3, -0.25) is 24.4 Å². The summed E-state index contributed by atoms with van der Waals surface area (Å²) in [7, 11) is 2.90. The molecular formula is C55H86N2O15.